The van der Waals surface area contributed by atoms with Gasteiger partial charge in [-0.05, 0) is 74.0 Å². The van der Waals surface area contributed by atoms with Crippen molar-refractivity contribution in [2.45, 2.75) is 84.7 Å². The van der Waals surface area contributed by atoms with Crippen LogP contribution < -0.4 is 0 Å². The van der Waals surface area contributed by atoms with E-state index in [4.69, 9.17) is 4.74 Å². The van der Waals surface area contributed by atoms with Gasteiger partial charge in [0.05, 0.1) is 0 Å². The molecule has 0 aliphatic heterocycles. The summed E-state index contributed by atoms with van der Waals surface area (Å²) in [5.74, 6) is 3.41. The fourth-order valence-electron chi connectivity index (χ4n) is 7.41. The highest BCUT2D eigenvalue weighted by atomic mass is 16.5. The molecule has 0 spiro atoms. The van der Waals surface area contributed by atoms with Crippen molar-refractivity contribution in [2.75, 3.05) is 0 Å². The summed E-state index contributed by atoms with van der Waals surface area (Å²) in [5.41, 5.74) is 0.448. The molecule has 3 nitrogen and oxygen atoms in total. The molecule has 0 aromatic heterocycles. The van der Waals surface area contributed by atoms with Crippen LogP contribution in [0.2, 0.25) is 0 Å². The lowest BCUT2D eigenvalue weighted by molar-refractivity contribution is -0.159. The number of rotatable bonds is 1. The van der Waals surface area contributed by atoms with Gasteiger partial charge in [-0.2, -0.15) is 0 Å². The molecule has 0 radical (unpaired) electrons. The van der Waals surface area contributed by atoms with E-state index in [1.807, 2.05) is 0 Å². The van der Waals surface area contributed by atoms with Crippen molar-refractivity contribution in [3.8, 4) is 0 Å². The minimum Gasteiger partial charge on any atom is -0.462 e. The molecule has 3 heteroatoms. The number of carbonyl (C=O) groups is 2. The van der Waals surface area contributed by atoms with Crippen molar-refractivity contribution in [3.05, 3.63) is 0 Å². The van der Waals surface area contributed by atoms with Crippen molar-refractivity contribution >= 4 is 11.8 Å². The van der Waals surface area contributed by atoms with E-state index in [-0.39, 0.29) is 22.9 Å². The van der Waals surface area contributed by atoms with E-state index in [2.05, 4.69) is 13.8 Å². The summed E-state index contributed by atoms with van der Waals surface area (Å²) in [7, 11) is 0. The molecule has 7 atom stereocenters. The maximum absolute atomic E-state index is 12.0. The van der Waals surface area contributed by atoms with Gasteiger partial charge in [0.2, 0.25) is 0 Å². The van der Waals surface area contributed by atoms with Crippen LogP contribution in [0, 0.1) is 34.5 Å². The van der Waals surface area contributed by atoms with Crippen LogP contribution in [-0.2, 0) is 14.3 Å². The highest BCUT2D eigenvalue weighted by Crippen LogP contribution is 2.65. The van der Waals surface area contributed by atoms with Crippen LogP contribution in [-0.4, -0.2) is 17.9 Å². The summed E-state index contributed by atoms with van der Waals surface area (Å²) >= 11 is 0. The van der Waals surface area contributed by atoms with Gasteiger partial charge in [0, 0.05) is 25.2 Å². The topological polar surface area (TPSA) is 43.4 Å². The van der Waals surface area contributed by atoms with Gasteiger partial charge in [-0.1, -0.05) is 13.8 Å². The average Bonchev–Trinajstić information content (AvgIpc) is 2.82. The molecule has 0 aromatic rings. The average molecular weight is 332 g/mol. The monoisotopic (exact) mass is 332 g/mol. The van der Waals surface area contributed by atoms with Gasteiger partial charge in [-0.25, -0.2) is 0 Å². The normalized spacial score (nSPS) is 50.6. The van der Waals surface area contributed by atoms with Gasteiger partial charge >= 0.3 is 5.97 Å². The van der Waals surface area contributed by atoms with Crippen LogP contribution in [0.5, 0.6) is 0 Å². The van der Waals surface area contributed by atoms with Gasteiger partial charge in [0.15, 0.2) is 0 Å². The summed E-state index contributed by atoms with van der Waals surface area (Å²) in [6.07, 6.45) is 10.1. The molecule has 7 unspecified atom stereocenters. The van der Waals surface area contributed by atoms with Gasteiger partial charge < -0.3 is 4.74 Å². The predicted octanol–water partition coefficient (Wildman–Crippen LogP) is 4.53. The minimum atomic E-state index is -0.119. The Balaban J connectivity index is 1.57. The SMILES string of the molecule is CC(=O)OC1CCC2C3CCC4(C)CC(=O)CCC4C3CCC12C. The quantitative estimate of drug-likeness (QED) is 0.663. The fourth-order valence-corrected chi connectivity index (χ4v) is 7.41. The second-order valence-electron chi connectivity index (χ2n) is 9.71. The standard InChI is InChI=1S/C21H32O3/c1-13(22)24-19-7-6-18-16-8-10-20(2)12-14(23)4-5-17(20)15(16)9-11-21(18,19)3/h15-19H,4-12H2,1-3H3. The number of hydrogen-bond donors (Lipinski definition) is 0. The zero-order valence-corrected chi connectivity index (χ0v) is 15.5. The van der Waals surface area contributed by atoms with Gasteiger partial charge in [0.1, 0.15) is 11.9 Å². The molecule has 4 aliphatic carbocycles. The van der Waals surface area contributed by atoms with E-state index in [0.717, 1.165) is 43.4 Å². The molecule has 134 valence electrons. The first kappa shape index (κ1) is 16.6. The first-order chi connectivity index (χ1) is 11.3. The van der Waals surface area contributed by atoms with Crippen molar-refractivity contribution in [2.24, 2.45) is 34.5 Å². The molecule has 0 saturated heterocycles. The predicted molar refractivity (Wildman–Crippen MR) is 92.3 cm³/mol. The van der Waals surface area contributed by atoms with E-state index in [9.17, 15) is 9.59 Å². The molecular weight excluding hydrogens is 300 g/mol. The molecule has 4 rings (SSSR count). The first-order valence-corrected chi connectivity index (χ1v) is 10.0. The lowest BCUT2D eigenvalue weighted by Crippen LogP contribution is -2.53. The Morgan fingerprint density at radius 2 is 1.71 bits per heavy atom. The highest BCUT2D eigenvalue weighted by molar-refractivity contribution is 5.80. The summed E-state index contributed by atoms with van der Waals surface area (Å²) in [6, 6.07) is 0. The van der Waals surface area contributed by atoms with Crippen LogP contribution >= 0.6 is 0 Å². The van der Waals surface area contributed by atoms with E-state index >= 15 is 0 Å². The smallest absolute Gasteiger partial charge is 0.302 e. The zero-order valence-electron chi connectivity index (χ0n) is 15.5. The van der Waals surface area contributed by atoms with E-state index < -0.39 is 0 Å². The number of esters is 1. The Hall–Kier alpha value is -0.860. The maximum Gasteiger partial charge on any atom is 0.302 e. The Morgan fingerprint density at radius 3 is 2.46 bits per heavy atom. The summed E-state index contributed by atoms with van der Waals surface area (Å²) in [6.45, 7) is 6.31. The fraction of sp³-hybridized carbons (Fsp3) is 0.905. The molecule has 0 aromatic carbocycles. The number of ether oxygens (including phenoxy) is 1. The van der Waals surface area contributed by atoms with Crippen LogP contribution in [0.1, 0.15) is 78.6 Å². The van der Waals surface area contributed by atoms with Crippen LogP contribution in [0.3, 0.4) is 0 Å². The second kappa shape index (κ2) is 5.57. The van der Waals surface area contributed by atoms with Crippen LogP contribution in [0.4, 0.5) is 0 Å². The molecule has 4 aliphatic rings. The maximum atomic E-state index is 12.0. The molecule has 4 fully saturated rings. The summed E-state index contributed by atoms with van der Waals surface area (Å²) in [5, 5.41) is 0. The molecular formula is C21H32O3. The number of Topliss-reactive ketones (excluding diaryl/α,β-unsaturated/α-hetero) is 1. The van der Waals surface area contributed by atoms with Crippen molar-refractivity contribution < 1.29 is 14.3 Å². The zero-order chi connectivity index (χ0) is 17.1. The lowest BCUT2D eigenvalue weighted by Gasteiger charge is -2.58. The Morgan fingerprint density at radius 1 is 1.00 bits per heavy atom. The van der Waals surface area contributed by atoms with Gasteiger partial charge in [0.25, 0.3) is 0 Å². The number of ketones is 1. The Bertz CT molecular complexity index is 555. The second-order valence-corrected chi connectivity index (χ2v) is 9.71. The highest BCUT2D eigenvalue weighted by Gasteiger charge is 2.59. The number of fused-ring (bicyclic) bond motifs is 5. The van der Waals surface area contributed by atoms with Gasteiger partial charge in [-0.15, -0.1) is 0 Å². The third kappa shape index (κ3) is 2.37. The van der Waals surface area contributed by atoms with Crippen molar-refractivity contribution in [1.82, 2.24) is 0 Å². The Labute approximate surface area is 145 Å². The third-order valence-corrected chi connectivity index (χ3v) is 8.51. The first-order valence-electron chi connectivity index (χ1n) is 10.0. The summed E-state index contributed by atoms with van der Waals surface area (Å²) in [4.78, 5) is 23.5. The van der Waals surface area contributed by atoms with Crippen LogP contribution in [0.15, 0.2) is 0 Å². The third-order valence-electron chi connectivity index (χ3n) is 8.51. The Kier molecular flexibility index (Phi) is 3.85. The van der Waals surface area contributed by atoms with E-state index in [0.29, 0.717) is 11.7 Å². The van der Waals surface area contributed by atoms with Crippen LogP contribution in [0.25, 0.3) is 0 Å². The number of carbonyl (C=O) groups excluding carboxylic acids is 2. The lowest BCUT2D eigenvalue weighted by atomic mass is 9.46. The molecule has 24 heavy (non-hydrogen) atoms. The molecule has 0 N–H and O–H groups in total. The van der Waals surface area contributed by atoms with Crippen molar-refractivity contribution in [1.29, 1.82) is 0 Å². The van der Waals surface area contributed by atoms with E-state index in [1.165, 1.54) is 32.1 Å². The van der Waals surface area contributed by atoms with Gasteiger partial charge in [-0.3, -0.25) is 9.59 Å². The van der Waals surface area contributed by atoms with Crippen molar-refractivity contribution in [3.63, 3.8) is 0 Å². The molecule has 0 bridgehead atoms. The molecule has 4 saturated carbocycles. The number of hydrogen-bond acceptors (Lipinski definition) is 3. The molecule has 0 amide bonds. The van der Waals surface area contributed by atoms with E-state index in [1.54, 1.807) is 6.92 Å². The largest absolute Gasteiger partial charge is 0.462 e. The molecule has 0 heterocycles. The minimum absolute atomic E-state index is 0.119. The summed E-state index contributed by atoms with van der Waals surface area (Å²) < 4.78 is 5.72.